The van der Waals surface area contributed by atoms with E-state index >= 15 is 0 Å². The zero-order chi connectivity index (χ0) is 18.6. The van der Waals surface area contributed by atoms with E-state index in [1.54, 1.807) is 0 Å². The Kier molecular flexibility index (Phi) is 3.91. The van der Waals surface area contributed by atoms with Gasteiger partial charge < -0.3 is 9.88 Å². The lowest BCUT2D eigenvalue weighted by Gasteiger charge is -2.14. The van der Waals surface area contributed by atoms with Crippen LogP contribution in [0.1, 0.15) is 63.6 Å². The lowest BCUT2D eigenvalue weighted by atomic mass is 9.98. The van der Waals surface area contributed by atoms with Gasteiger partial charge in [0.05, 0.1) is 11.4 Å². The molecule has 0 saturated carbocycles. The highest BCUT2D eigenvalue weighted by atomic mass is 16.2. The second-order valence-corrected chi connectivity index (χ2v) is 8.00. The third-order valence-electron chi connectivity index (χ3n) is 5.54. The molecule has 2 heterocycles. The number of rotatable bonds is 2. The van der Waals surface area contributed by atoms with Gasteiger partial charge >= 0.3 is 0 Å². The molecule has 3 heteroatoms. The molecule has 1 aromatic heterocycles. The van der Waals surface area contributed by atoms with E-state index in [1.807, 2.05) is 6.92 Å². The highest BCUT2D eigenvalue weighted by Crippen LogP contribution is 2.40. The number of nitrogens with zero attached hydrogens (tertiary/aromatic N) is 1. The number of carbonyl (C=O) groups is 1. The van der Waals surface area contributed by atoms with Gasteiger partial charge in [-0.2, -0.15) is 0 Å². The van der Waals surface area contributed by atoms with E-state index in [4.69, 9.17) is 0 Å². The molecular weight excluding hydrogens is 320 g/mol. The van der Waals surface area contributed by atoms with E-state index in [0.717, 1.165) is 22.5 Å². The van der Waals surface area contributed by atoms with Crippen LogP contribution in [0.5, 0.6) is 0 Å². The molecule has 1 atom stereocenters. The molecule has 1 aliphatic rings. The van der Waals surface area contributed by atoms with Crippen LogP contribution in [0.4, 0.5) is 5.69 Å². The monoisotopic (exact) mass is 346 g/mol. The average Bonchev–Trinajstić information content (AvgIpc) is 2.94. The van der Waals surface area contributed by atoms with Crippen molar-refractivity contribution in [3.63, 3.8) is 0 Å². The number of fused-ring (bicyclic) bond motifs is 5. The summed E-state index contributed by atoms with van der Waals surface area (Å²) in [5, 5.41) is 4.34. The minimum absolute atomic E-state index is 0.0383. The number of hydrogen-bond acceptors (Lipinski definition) is 1. The van der Waals surface area contributed by atoms with Crippen LogP contribution in [0.3, 0.4) is 0 Å². The van der Waals surface area contributed by atoms with Gasteiger partial charge in [-0.25, -0.2) is 0 Å². The molecule has 1 N–H and O–H groups in total. The SMILES string of the molecule is CC(C)c1ccc2c(c1)NC(=O)C(C)n1c-2cc2cc(C(C)C)ccc21. The zero-order valence-corrected chi connectivity index (χ0v) is 16.1. The van der Waals surface area contributed by atoms with Gasteiger partial charge in [0.2, 0.25) is 5.91 Å². The Morgan fingerprint density at radius 1 is 0.923 bits per heavy atom. The van der Waals surface area contributed by atoms with E-state index in [9.17, 15) is 4.79 Å². The number of benzene rings is 2. The average molecular weight is 346 g/mol. The number of carbonyl (C=O) groups excluding carboxylic acids is 1. The maximum Gasteiger partial charge on any atom is 0.247 e. The Hall–Kier alpha value is -2.55. The van der Waals surface area contributed by atoms with Crippen LogP contribution >= 0.6 is 0 Å². The Balaban J connectivity index is 2.00. The van der Waals surface area contributed by atoms with Crippen LogP contribution in [-0.2, 0) is 4.79 Å². The minimum atomic E-state index is -0.248. The fourth-order valence-corrected chi connectivity index (χ4v) is 3.84. The van der Waals surface area contributed by atoms with Gasteiger partial charge in [-0.3, -0.25) is 4.79 Å². The van der Waals surface area contributed by atoms with Crippen LogP contribution in [-0.4, -0.2) is 10.5 Å². The van der Waals surface area contributed by atoms with Crippen LogP contribution in [0.15, 0.2) is 42.5 Å². The molecule has 0 bridgehead atoms. The molecule has 0 spiro atoms. The van der Waals surface area contributed by atoms with Gasteiger partial charge in [0.25, 0.3) is 0 Å². The Morgan fingerprint density at radius 2 is 1.58 bits per heavy atom. The van der Waals surface area contributed by atoms with Crippen molar-refractivity contribution in [3.05, 3.63) is 53.6 Å². The summed E-state index contributed by atoms with van der Waals surface area (Å²) in [4.78, 5) is 12.8. The first-order valence-electron chi connectivity index (χ1n) is 9.47. The van der Waals surface area contributed by atoms with Crippen molar-refractivity contribution >= 4 is 22.5 Å². The first-order chi connectivity index (χ1) is 12.4. The van der Waals surface area contributed by atoms with E-state index in [2.05, 4.69) is 80.0 Å². The quantitative estimate of drug-likeness (QED) is 0.600. The second kappa shape index (κ2) is 6.01. The van der Waals surface area contributed by atoms with Gasteiger partial charge in [0.15, 0.2) is 0 Å². The summed E-state index contributed by atoms with van der Waals surface area (Å²) >= 11 is 0. The van der Waals surface area contributed by atoms with Gasteiger partial charge in [0.1, 0.15) is 6.04 Å². The van der Waals surface area contributed by atoms with Crippen LogP contribution in [0, 0.1) is 0 Å². The summed E-state index contributed by atoms with van der Waals surface area (Å²) in [7, 11) is 0. The fourth-order valence-electron chi connectivity index (χ4n) is 3.84. The third kappa shape index (κ3) is 2.54. The van der Waals surface area contributed by atoms with Gasteiger partial charge in [-0.15, -0.1) is 0 Å². The molecule has 0 fully saturated rings. The summed E-state index contributed by atoms with van der Waals surface area (Å²) in [6.45, 7) is 10.7. The Labute approximate surface area is 155 Å². The molecule has 0 saturated heterocycles. The van der Waals surface area contributed by atoms with Gasteiger partial charge in [-0.1, -0.05) is 45.9 Å². The highest BCUT2D eigenvalue weighted by molar-refractivity contribution is 6.03. The summed E-state index contributed by atoms with van der Waals surface area (Å²) in [5.74, 6) is 0.953. The summed E-state index contributed by atoms with van der Waals surface area (Å²) in [6.07, 6.45) is 0. The first-order valence-corrected chi connectivity index (χ1v) is 9.47. The fraction of sp³-hybridized carbons (Fsp3) is 0.348. The molecular formula is C23H26N2O. The summed E-state index contributed by atoms with van der Waals surface area (Å²) in [5.41, 5.74) is 6.80. The molecule has 0 aliphatic carbocycles. The summed E-state index contributed by atoms with van der Waals surface area (Å²) in [6, 6.07) is 15.0. The predicted octanol–water partition coefficient (Wildman–Crippen LogP) is 6.07. The Morgan fingerprint density at radius 3 is 2.27 bits per heavy atom. The molecule has 134 valence electrons. The number of nitrogens with one attached hydrogen (secondary N) is 1. The molecule has 26 heavy (non-hydrogen) atoms. The molecule has 1 aliphatic heterocycles. The second-order valence-electron chi connectivity index (χ2n) is 8.00. The van der Waals surface area contributed by atoms with E-state index < -0.39 is 0 Å². The van der Waals surface area contributed by atoms with Crippen LogP contribution in [0.25, 0.3) is 22.2 Å². The van der Waals surface area contributed by atoms with Crippen molar-refractivity contribution in [2.24, 2.45) is 0 Å². The summed E-state index contributed by atoms with van der Waals surface area (Å²) < 4.78 is 2.18. The topological polar surface area (TPSA) is 34.0 Å². The molecule has 1 amide bonds. The maximum atomic E-state index is 12.8. The van der Waals surface area contributed by atoms with Crippen molar-refractivity contribution in [3.8, 4) is 11.3 Å². The zero-order valence-electron chi connectivity index (χ0n) is 16.1. The van der Waals surface area contributed by atoms with Crippen molar-refractivity contribution in [2.75, 3.05) is 5.32 Å². The first kappa shape index (κ1) is 16.9. The van der Waals surface area contributed by atoms with Crippen molar-refractivity contribution in [2.45, 2.75) is 52.5 Å². The van der Waals surface area contributed by atoms with Crippen LogP contribution < -0.4 is 5.32 Å². The lowest BCUT2D eigenvalue weighted by Crippen LogP contribution is -2.21. The molecule has 1 unspecified atom stereocenters. The van der Waals surface area contributed by atoms with Gasteiger partial charge in [0, 0.05) is 16.5 Å². The molecule has 4 rings (SSSR count). The van der Waals surface area contributed by atoms with Crippen LogP contribution in [0.2, 0.25) is 0 Å². The standard InChI is InChI=1S/C23H26N2O/c1-13(2)16-7-9-21-18(10-16)12-22-19-8-6-17(14(3)4)11-20(19)24-23(26)15(5)25(21)22/h6-15H,1-5H3,(H,24,26). The predicted molar refractivity (Wildman–Crippen MR) is 109 cm³/mol. The number of hydrogen-bond donors (Lipinski definition) is 1. The number of anilines is 1. The van der Waals surface area contributed by atoms with Crippen molar-refractivity contribution in [1.29, 1.82) is 0 Å². The normalized spacial score (nSPS) is 16.6. The smallest absolute Gasteiger partial charge is 0.247 e. The molecule has 0 radical (unpaired) electrons. The van der Waals surface area contributed by atoms with Crippen molar-refractivity contribution in [1.82, 2.24) is 4.57 Å². The maximum absolute atomic E-state index is 12.8. The number of amides is 1. The molecule has 3 nitrogen and oxygen atoms in total. The minimum Gasteiger partial charge on any atom is -0.328 e. The van der Waals surface area contributed by atoms with Crippen molar-refractivity contribution < 1.29 is 4.79 Å². The van der Waals surface area contributed by atoms with Gasteiger partial charge in [-0.05, 0) is 54.2 Å². The largest absolute Gasteiger partial charge is 0.328 e. The highest BCUT2D eigenvalue weighted by Gasteiger charge is 2.27. The third-order valence-corrected chi connectivity index (χ3v) is 5.54. The Bertz CT molecular complexity index is 1010. The van der Waals surface area contributed by atoms with E-state index in [0.29, 0.717) is 11.8 Å². The number of aromatic nitrogens is 1. The molecule has 3 aromatic rings. The van der Waals surface area contributed by atoms with E-state index in [1.165, 1.54) is 16.5 Å². The molecule has 2 aromatic carbocycles. The lowest BCUT2D eigenvalue weighted by molar-refractivity contribution is -0.118. The van der Waals surface area contributed by atoms with E-state index in [-0.39, 0.29) is 11.9 Å².